The second-order valence-corrected chi connectivity index (χ2v) is 5.18. The fourth-order valence-corrected chi connectivity index (χ4v) is 2.64. The van der Waals surface area contributed by atoms with Crippen LogP contribution >= 0.6 is 31.9 Å². The maximum Gasteiger partial charge on any atom is 0.228 e. The van der Waals surface area contributed by atoms with Crippen LogP contribution in [0.25, 0.3) is 0 Å². The van der Waals surface area contributed by atoms with Gasteiger partial charge in [0.15, 0.2) is 0 Å². The molecule has 0 unspecified atom stereocenters. The molecular weight excluding hydrogens is 376 g/mol. The van der Waals surface area contributed by atoms with Gasteiger partial charge in [0.1, 0.15) is 17.5 Å². The molecule has 0 bridgehead atoms. The first kappa shape index (κ1) is 13.8. The van der Waals surface area contributed by atoms with E-state index in [4.69, 9.17) is 10.00 Å². The Balaban J connectivity index is 2.35. The molecule has 0 radical (unpaired) electrons. The number of hydrogen-bond acceptors (Lipinski definition) is 5. The smallest absolute Gasteiger partial charge is 0.228 e. The van der Waals surface area contributed by atoms with E-state index in [1.165, 1.54) is 6.20 Å². The van der Waals surface area contributed by atoms with Gasteiger partial charge in [0.2, 0.25) is 5.95 Å². The standard InChI is InChI=1S/C12H8Br2N4O/c1-19-11-5-10(8(13)4-9(11)14)18-12-16-3-2-7(6-15)17-12/h2-5H,1H3,(H,16,17,18). The first-order chi connectivity index (χ1) is 9.13. The SMILES string of the molecule is COc1cc(Nc2nccc(C#N)n2)c(Br)cc1Br. The van der Waals surface area contributed by atoms with Crippen LogP contribution in [0.3, 0.4) is 0 Å². The van der Waals surface area contributed by atoms with Crippen molar-refractivity contribution in [3.05, 3.63) is 39.0 Å². The van der Waals surface area contributed by atoms with Crippen molar-refractivity contribution in [3.63, 3.8) is 0 Å². The predicted octanol–water partition coefficient (Wildman–Crippen LogP) is 3.63. The number of benzene rings is 1. The van der Waals surface area contributed by atoms with Crippen LogP contribution in [0.4, 0.5) is 11.6 Å². The number of rotatable bonds is 3. The number of methoxy groups -OCH3 is 1. The quantitative estimate of drug-likeness (QED) is 0.876. The van der Waals surface area contributed by atoms with Crippen molar-refractivity contribution in [2.24, 2.45) is 0 Å². The van der Waals surface area contributed by atoms with Crippen LogP contribution in [-0.2, 0) is 0 Å². The van der Waals surface area contributed by atoms with E-state index in [-0.39, 0.29) is 0 Å². The minimum Gasteiger partial charge on any atom is -0.495 e. The zero-order valence-electron chi connectivity index (χ0n) is 9.82. The molecule has 2 aromatic rings. The molecule has 0 spiro atoms. The number of ether oxygens (including phenoxy) is 1. The van der Waals surface area contributed by atoms with E-state index >= 15 is 0 Å². The van der Waals surface area contributed by atoms with Crippen molar-refractivity contribution >= 4 is 43.5 Å². The first-order valence-electron chi connectivity index (χ1n) is 5.17. The third-order valence-electron chi connectivity index (χ3n) is 2.26. The lowest BCUT2D eigenvalue weighted by Gasteiger charge is -2.10. The third kappa shape index (κ3) is 3.22. The summed E-state index contributed by atoms with van der Waals surface area (Å²) in [6, 6.07) is 7.17. The predicted molar refractivity (Wildman–Crippen MR) is 78.4 cm³/mol. The lowest BCUT2D eigenvalue weighted by molar-refractivity contribution is 0.412. The van der Waals surface area contributed by atoms with E-state index in [0.29, 0.717) is 17.4 Å². The zero-order valence-corrected chi connectivity index (χ0v) is 13.0. The number of aromatic nitrogens is 2. The van der Waals surface area contributed by atoms with Gasteiger partial charge in [-0.3, -0.25) is 0 Å². The van der Waals surface area contributed by atoms with Gasteiger partial charge >= 0.3 is 0 Å². The topological polar surface area (TPSA) is 70.8 Å². The molecule has 0 aliphatic carbocycles. The molecule has 19 heavy (non-hydrogen) atoms. The monoisotopic (exact) mass is 382 g/mol. The summed E-state index contributed by atoms with van der Waals surface area (Å²) in [6.07, 6.45) is 1.53. The van der Waals surface area contributed by atoms with E-state index in [0.717, 1.165) is 14.6 Å². The van der Waals surface area contributed by atoms with Gasteiger partial charge in [-0.15, -0.1) is 0 Å². The minimum absolute atomic E-state index is 0.303. The highest BCUT2D eigenvalue weighted by molar-refractivity contribution is 9.11. The molecule has 0 amide bonds. The van der Waals surface area contributed by atoms with Gasteiger partial charge < -0.3 is 10.1 Å². The van der Waals surface area contributed by atoms with Gasteiger partial charge in [-0.05, 0) is 44.0 Å². The van der Waals surface area contributed by atoms with Gasteiger partial charge in [-0.2, -0.15) is 5.26 Å². The zero-order chi connectivity index (χ0) is 13.8. The van der Waals surface area contributed by atoms with Crippen LogP contribution in [0.15, 0.2) is 33.3 Å². The summed E-state index contributed by atoms with van der Waals surface area (Å²) in [5.41, 5.74) is 1.05. The molecule has 1 aromatic carbocycles. The lowest BCUT2D eigenvalue weighted by Crippen LogP contribution is -1.99. The number of nitriles is 1. The molecule has 0 saturated carbocycles. The molecule has 0 saturated heterocycles. The third-order valence-corrected chi connectivity index (χ3v) is 3.53. The number of nitrogens with one attached hydrogen (secondary N) is 1. The van der Waals surface area contributed by atoms with Crippen molar-refractivity contribution in [1.29, 1.82) is 5.26 Å². The van der Waals surface area contributed by atoms with E-state index in [9.17, 15) is 0 Å². The Morgan fingerprint density at radius 3 is 2.79 bits per heavy atom. The molecule has 0 fully saturated rings. The van der Waals surface area contributed by atoms with Crippen molar-refractivity contribution < 1.29 is 4.74 Å². The van der Waals surface area contributed by atoms with Gasteiger partial charge in [-0.25, -0.2) is 9.97 Å². The van der Waals surface area contributed by atoms with Crippen LogP contribution in [0.1, 0.15) is 5.69 Å². The summed E-state index contributed by atoms with van der Waals surface area (Å²) < 4.78 is 6.88. The second-order valence-electron chi connectivity index (χ2n) is 3.47. The van der Waals surface area contributed by atoms with E-state index in [1.54, 1.807) is 19.2 Å². The summed E-state index contributed by atoms with van der Waals surface area (Å²) in [4.78, 5) is 8.10. The first-order valence-corrected chi connectivity index (χ1v) is 6.76. The molecule has 2 rings (SSSR count). The highest BCUT2D eigenvalue weighted by Crippen LogP contribution is 2.35. The highest BCUT2D eigenvalue weighted by atomic mass is 79.9. The van der Waals surface area contributed by atoms with Crippen LogP contribution in [0.2, 0.25) is 0 Å². The maximum absolute atomic E-state index is 8.80. The Hall–Kier alpha value is -1.65. The Morgan fingerprint density at radius 2 is 2.11 bits per heavy atom. The van der Waals surface area contributed by atoms with Crippen molar-refractivity contribution in [1.82, 2.24) is 9.97 Å². The van der Waals surface area contributed by atoms with Crippen LogP contribution < -0.4 is 10.1 Å². The summed E-state index contributed by atoms with van der Waals surface area (Å²) in [7, 11) is 1.59. The average Bonchev–Trinajstić information content (AvgIpc) is 2.42. The van der Waals surface area contributed by atoms with Crippen molar-refractivity contribution in [2.45, 2.75) is 0 Å². The van der Waals surface area contributed by atoms with Crippen molar-refractivity contribution in [2.75, 3.05) is 12.4 Å². The number of anilines is 2. The average molecular weight is 384 g/mol. The van der Waals surface area contributed by atoms with Gasteiger partial charge in [0.25, 0.3) is 0 Å². The number of nitrogens with zero attached hydrogens (tertiary/aromatic N) is 3. The molecule has 5 nitrogen and oxygen atoms in total. The highest BCUT2D eigenvalue weighted by Gasteiger charge is 2.08. The largest absolute Gasteiger partial charge is 0.495 e. The molecule has 1 aromatic heterocycles. The number of halogens is 2. The Morgan fingerprint density at radius 1 is 1.32 bits per heavy atom. The lowest BCUT2D eigenvalue weighted by atomic mass is 10.3. The Labute approximate surface area is 126 Å². The van der Waals surface area contributed by atoms with Gasteiger partial charge in [0, 0.05) is 16.7 Å². The minimum atomic E-state index is 0.303. The van der Waals surface area contributed by atoms with Crippen LogP contribution in [0.5, 0.6) is 5.75 Å². The van der Waals surface area contributed by atoms with Crippen molar-refractivity contribution in [3.8, 4) is 11.8 Å². The summed E-state index contributed by atoms with van der Waals surface area (Å²) in [5.74, 6) is 1.03. The summed E-state index contributed by atoms with van der Waals surface area (Å²) in [6.45, 7) is 0. The molecule has 0 aliphatic rings. The van der Waals surface area contributed by atoms with Gasteiger partial charge in [0.05, 0.1) is 17.3 Å². The summed E-state index contributed by atoms with van der Waals surface area (Å²) >= 11 is 6.83. The van der Waals surface area contributed by atoms with Crippen LogP contribution in [0, 0.1) is 11.3 Å². The molecule has 1 N–H and O–H groups in total. The molecule has 96 valence electrons. The van der Waals surface area contributed by atoms with E-state index < -0.39 is 0 Å². The van der Waals surface area contributed by atoms with E-state index in [2.05, 4.69) is 47.1 Å². The maximum atomic E-state index is 8.80. The molecule has 0 aliphatic heterocycles. The number of hydrogen-bond donors (Lipinski definition) is 1. The Kier molecular flexibility index (Phi) is 4.35. The molecule has 7 heteroatoms. The second kappa shape index (κ2) is 5.99. The Bertz CT molecular complexity index is 655. The van der Waals surface area contributed by atoms with E-state index in [1.807, 2.05) is 12.1 Å². The molecule has 1 heterocycles. The molecule has 0 atom stereocenters. The van der Waals surface area contributed by atoms with Crippen LogP contribution in [-0.4, -0.2) is 17.1 Å². The molecular formula is C12H8Br2N4O. The van der Waals surface area contributed by atoms with Gasteiger partial charge in [-0.1, -0.05) is 0 Å². The summed E-state index contributed by atoms with van der Waals surface area (Å²) in [5, 5.41) is 11.8. The fourth-order valence-electron chi connectivity index (χ4n) is 1.38. The normalized spacial score (nSPS) is 9.79. The fraction of sp³-hybridized carbons (Fsp3) is 0.0833.